The number of urea groups is 1. The summed E-state index contributed by atoms with van der Waals surface area (Å²) >= 11 is 0. The summed E-state index contributed by atoms with van der Waals surface area (Å²) < 4.78 is 11.0. The van der Waals surface area contributed by atoms with Crippen molar-refractivity contribution in [2.45, 2.75) is 39.2 Å². The summed E-state index contributed by atoms with van der Waals surface area (Å²) in [5.41, 5.74) is 11.2. The van der Waals surface area contributed by atoms with Gasteiger partial charge < -0.3 is 15.2 Å². The van der Waals surface area contributed by atoms with Crippen molar-refractivity contribution in [2.24, 2.45) is 22.7 Å². The standard InChI is InChI=1S/C20H30N4O3/c1-12(2)7-14-11-24-6-5-13-8-18(26-3)19(27-4)9-15(13)17(24)10-16(14)22-23-20(21)25/h8-9,12,14,17H,5-7,10-11H2,1-4H3,(H3,21,23,25)/b22-16+/t14-,17-/m0/s1. The number of benzene rings is 1. The summed E-state index contributed by atoms with van der Waals surface area (Å²) in [7, 11) is 3.32. The van der Waals surface area contributed by atoms with Gasteiger partial charge in [-0.3, -0.25) is 4.90 Å². The predicted molar refractivity (Wildman–Crippen MR) is 105 cm³/mol. The van der Waals surface area contributed by atoms with Crippen molar-refractivity contribution in [3.05, 3.63) is 23.3 Å². The smallest absolute Gasteiger partial charge is 0.332 e. The summed E-state index contributed by atoms with van der Waals surface area (Å²) in [6, 6.07) is 3.78. The van der Waals surface area contributed by atoms with E-state index < -0.39 is 6.03 Å². The first-order chi connectivity index (χ1) is 12.9. The quantitative estimate of drug-likeness (QED) is 0.776. The molecular weight excluding hydrogens is 344 g/mol. The molecule has 0 aliphatic carbocycles. The van der Waals surface area contributed by atoms with Crippen molar-refractivity contribution in [1.29, 1.82) is 0 Å². The Balaban J connectivity index is 1.93. The number of methoxy groups -OCH3 is 2. The van der Waals surface area contributed by atoms with Gasteiger partial charge in [-0.15, -0.1) is 0 Å². The molecule has 0 aromatic heterocycles. The van der Waals surface area contributed by atoms with Crippen LogP contribution in [0.2, 0.25) is 0 Å². The molecule has 7 nitrogen and oxygen atoms in total. The van der Waals surface area contributed by atoms with E-state index in [0.717, 1.165) is 49.6 Å². The molecule has 7 heteroatoms. The normalized spacial score (nSPS) is 23.7. The minimum atomic E-state index is -0.622. The molecule has 3 rings (SSSR count). The number of rotatable bonds is 5. The zero-order valence-electron chi connectivity index (χ0n) is 16.6. The summed E-state index contributed by atoms with van der Waals surface area (Å²) in [5.74, 6) is 2.40. The number of piperidine rings is 1. The number of hydrogen-bond acceptors (Lipinski definition) is 5. The molecule has 3 N–H and O–H groups in total. The second-order valence-corrected chi connectivity index (χ2v) is 7.78. The lowest BCUT2D eigenvalue weighted by Gasteiger charge is -2.44. The van der Waals surface area contributed by atoms with Crippen LogP contribution in [0.1, 0.15) is 43.9 Å². The Kier molecular flexibility index (Phi) is 5.89. The van der Waals surface area contributed by atoms with E-state index >= 15 is 0 Å². The summed E-state index contributed by atoms with van der Waals surface area (Å²) in [6.45, 7) is 6.38. The second-order valence-electron chi connectivity index (χ2n) is 7.78. The number of hydrazone groups is 1. The molecule has 2 amide bonds. The molecule has 27 heavy (non-hydrogen) atoms. The number of ether oxygens (including phenoxy) is 2. The fourth-order valence-electron chi connectivity index (χ4n) is 4.33. The third-order valence-corrected chi connectivity index (χ3v) is 5.51. The first-order valence-corrected chi connectivity index (χ1v) is 9.53. The SMILES string of the molecule is COc1cc2c(cc1OC)[C@@H]1C/C(=N\NC(N)=O)[C@@H](CC(C)C)CN1CC2. The Morgan fingerprint density at radius 1 is 1.33 bits per heavy atom. The van der Waals surface area contributed by atoms with Gasteiger partial charge in [-0.1, -0.05) is 13.8 Å². The van der Waals surface area contributed by atoms with E-state index in [1.165, 1.54) is 11.1 Å². The van der Waals surface area contributed by atoms with Crippen molar-refractivity contribution < 1.29 is 14.3 Å². The molecule has 148 valence electrons. The molecule has 2 atom stereocenters. The number of amides is 2. The van der Waals surface area contributed by atoms with Gasteiger partial charge >= 0.3 is 6.03 Å². The van der Waals surface area contributed by atoms with Crippen LogP contribution < -0.4 is 20.6 Å². The van der Waals surface area contributed by atoms with Crippen molar-refractivity contribution >= 4 is 11.7 Å². The zero-order valence-corrected chi connectivity index (χ0v) is 16.6. The van der Waals surface area contributed by atoms with Gasteiger partial charge in [0.1, 0.15) is 0 Å². The lowest BCUT2D eigenvalue weighted by atomic mass is 9.79. The van der Waals surface area contributed by atoms with Gasteiger partial charge in [0.25, 0.3) is 0 Å². The molecule has 1 fully saturated rings. The Hall–Kier alpha value is -2.28. The Morgan fingerprint density at radius 3 is 2.67 bits per heavy atom. The maximum atomic E-state index is 11.2. The lowest BCUT2D eigenvalue weighted by molar-refractivity contribution is 0.147. The number of nitrogens with zero attached hydrogens (tertiary/aromatic N) is 2. The lowest BCUT2D eigenvalue weighted by Crippen LogP contribution is -2.47. The van der Waals surface area contributed by atoms with E-state index in [4.69, 9.17) is 15.2 Å². The van der Waals surface area contributed by atoms with Crippen molar-refractivity contribution in [2.75, 3.05) is 27.3 Å². The highest BCUT2D eigenvalue weighted by Gasteiger charge is 2.37. The van der Waals surface area contributed by atoms with Crippen LogP contribution in [-0.2, 0) is 6.42 Å². The van der Waals surface area contributed by atoms with Crippen LogP contribution in [0.5, 0.6) is 11.5 Å². The molecule has 0 spiro atoms. The molecule has 2 heterocycles. The van der Waals surface area contributed by atoms with Crippen molar-refractivity contribution in [3.63, 3.8) is 0 Å². The van der Waals surface area contributed by atoms with Crippen LogP contribution in [0.15, 0.2) is 17.2 Å². The first-order valence-electron chi connectivity index (χ1n) is 9.53. The van der Waals surface area contributed by atoms with Crippen LogP contribution in [0, 0.1) is 11.8 Å². The third kappa shape index (κ3) is 4.18. The monoisotopic (exact) mass is 374 g/mol. The Labute approximate surface area is 160 Å². The fourth-order valence-corrected chi connectivity index (χ4v) is 4.33. The number of hydrogen-bond donors (Lipinski definition) is 2. The van der Waals surface area contributed by atoms with E-state index in [0.29, 0.717) is 11.8 Å². The van der Waals surface area contributed by atoms with Crippen molar-refractivity contribution in [3.8, 4) is 11.5 Å². The number of primary amides is 1. The molecule has 0 saturated carbocycles. The molecule has 0 radical (unpaired) electrons. The maximum absolute atomic E-state index is 11.2. The number of nitrogens with one attached hydrogen (secondary N) is 1. The largest absolute Gasteiger partial charge is 0.493 e. The second kappa shape index (κ2) is 8.17. The molecule has 0 bridgehead atoms. The third-order valence-electron chi connectivity index (χ3n) is 5.51. The summed E-state index contributed by atoms with van der Waals surface area (Å²) in [6.07, 6.45) is 2.81. The highest BCUT2D eigenvalue weighted by Crippen LogP contribution is 2.42. The van der Waals surface area contributed by atoms with Gasteiger partial charge in [0.05, 0.1) is 14.2 Å². The van der Waals surface area contributed by atoms with Gasteiger partial charge in [-0.2, -0.15) is 5.10 Å². The summed E-state index contributed by atoms with van der Waals surface area (Å²) in [4.78, 5) is 13.7. The van der Waals surface area contributed by atoms with Gasteiger partial charge in [-0.25, -0.2) is 10.2 Å². The van der Waals surface area contributed by atoms with Crippen LogP contribution >= 0.6 is 0 Å². The average Bonchev–Trinajstić information content (AvgIpc) is 2.64. The van der Waals surface area contributed by atoms with Crippen LogP contribution in [0.25, 0.3) is 0 Å². The maximum Gasteiger partial charge on any atom is 0.332 e. The van der Waals surface area contributed by atoms with E-state index in [9.17, 15) is 4.79 Å². The number of fused-ring (bicyclic) bond motifs is 3. The highest BCUT2D eigenvalue weighted by atomic mass is 16.5. The van der Waals surface area contributed by atoms with E-state index in [-0.39, 0.29) is 6.04 Å². The Bertz CT molecular complexity index is 732. The molecular formula is C20H30N4O3. The van der Waals surface area contributed by atoms with Crippen LogP contribution in [0.3, 0.4) is 0 Å². The zero-order chi connectivity index (χ0) is 19.6. The number of carbonyl (C=O) groups is 1. The molecule has 0 unspecified atom stereocenters. The van der Waals surface area contributed by atoms with Gasteiger partial charge in [0.15, 0.2) is 11.5 Å². The predicted octanol–water partition coefficient (Wildman–Crippen LogP) is 2.69. The van der Waals surface area contributed by atoms with E-state index in [1.54, 1.807) is 14.2 Å². The molecule has 1 aromatic carbocycles. The molecule has 1 saturated heterocycles. The minimum Gasteiger partial charge on any atom is -0.493 e. The van der Waals surface area contributed by atoms with Gasteiger partial charge in [-0.05, 0) is 42.0 Å². The minimum absolute atomic E-state index is 0.227. The van der Waals surface area contributed by atoms with Crippen LogP contribution in [0.4, 0.5) is 4.79 Å². The molecule has 1 aromatic rings. The fraction of sp³-hybridized carbons (Fsp3) is 0.600. The van der Waals surface area contributed by atoms with Gasteiger partial charge in [0.2, 0.25) is 0 Å². The Morgan fingerprint density at radius 2 is 2.04 bits per heavy atom. The molecule has 2 aliphatic heterocycles. The first kappa shape index (κ1) is 19.5. The topological polar surface area (TPSA) is 89.2 Å². The summed E-state index contributed by atoms with van der Waals surface area (Å²) in [5, 5.41) is 4.37. The number of carbonyl (C=O) groups excluding carboxylic acids is 1. The number of nitrogens with two attached hydrogens (primary N) is 1. The highest BCUT2D eigenvalue weighted by molar-refractivity contribution is 5.89. The molecule has 2 aliphatic rings. The average molecular weight is 374 g/mol. The van der Waals surface area contributed by atoms with E-state index in [2.05, 4.69) is 41.4 Å². The van der Waals surface area contributed by atoms with Crippen LogP contribution in [-0.4, -0.2) is 44.0 Å². The van der Waals surface area contributed by atoms with Crippen molar-refractivity contribution in [1.82, 2.24) is 10.3 Å². The van der Waals surface area contributed by atoms with Gasteiger partial charge in [0, 0.05) is 37.2 Å². The van der Waals surface area contributed by atoms with E-state index in [1.807, 2.05) is 0 Å².